The lowest BCUT2D eigenvalue weighted by Crippen LogP contribution is -2.52. The van der Waals surface area contributed by atoms with Crippen molar-refractivity contribution in [3.8, 4) is 5.75 Å². The van der Waals surface area contributed by atoms with E-state index in [1.165, 1.54) is 44.2 Å². The molecule has 0 radical (unpaired) electrons. The molecule has 2 N–H and O–H groups in total. The van der Waals surface area contributed by atoms with Crippen molar-refractivity contribution in [2.75, 3.05) is 26.1 Å². The second-order valence-corrected chi connectivity index (χ2v) is 7.80. The molecule has 0 aromatic heterocycles. The van der Waals surface area contributed by atoms with E-state index in [-0.39, 0.29) is 23.4 Å². The molecule has 0 fully saturated rings. The summed E-state index contributed by atoms with van der Waals surface area (Å²) in [5, 5.41) is 5.31. The molecule has 34 heavy (non-hydrogen) atoms. The summed E-state index contributed by atoms with van der Waals surface area (Å²) in [5.41, 5.74) is -0.625. The highest BCUT2D eigenvalue weighted by molar-refractivity contribution is 6.07. The maximum absolute atomic E-state index is 13.8. The fourth-order valence-corrected chi connectivity index (χ4v) is 4.08. The predicted octanol–water partition coefficient (Wildman–Crippen LogP) is 4.73. The van der Waals surface area contributed by atoms with Crippen LogP contribution in [0.15, 0.2) is 59.8 Å². The lowest BCUT2D eigenvalue weighted by Gasteiger charge is -2.39. The van der Waals surface area contributed by atoms with E-state index in [4.69, 9.17) is 9.47 Å². The molecule has 2 aromatic carbocycles. The van der Waals surface area contributed by atoms with Crippen molar-refractivity contribution >= 4 is 17.6 Å². The number of allylic oxidation sites excluding steroid dienone is 1. The number of carbonyl (C=O) groups is 2. The smallest absolute Gasteiger partial charge is 0.416 e. The normalized spacial score (nSPS) is 17.3. The van der Waals surface area contributed by atoms with E-state index in [0.717, 1.165) is 6.07 Å². The topological polar surface area (TPSA) is 79.9 Å². The number of amides is 3. The van der Waals surface area contributed by atoms with Crippen LogP contribution < -0.4 is 15.4 Å². The second kappa shape index (κ2) is 10.2. The van der Waals surface area contributed by atoms with Crippen molar-refractivity contribution in [1.82, 2.24) is 10.2 Å². The van der Waals surface area contributed by atoms with Crippen LogP contribution in [0.1, 0.15) is 31.0 Å². The number of methoxy groups -OCH3 is 2. The molecule has 0 spiro atoms. The fourth-order valence-electron chi connectivity index (χ4n) is 4.08. The average Bonchev–Trinajstić information content (AvgIpc) is 2.78. The highest BCUT2D eigenvalue weighted by Gasteiger charge is 2.42. The van der Waals surface area contributed by atoms with E-state index in [2.05, 4.69) is 10.6 Å². The molecule has 0 saturated heterocycles. The van der Waals surface area contributed by atoms with Crippen molar-refractivity contribution < 1.29 is 32.2 Å². The Morgan fingerprint density at radius 2 is 1.79 bits per heavy atom. The summed E-state index contributed by atoms with van der Waals surface area (Å²) in [6, 6.07) is 9.10. The Morgan fingerprint density at radius 1 is 1.15 bits per heavy atom. The third kappa shape index (κ3) is 5.01. The predicted molar refractivity (Wildman–Crippen MR) is 120 cm³/mol. The number of para-hydroxylation sites is 2. The summed E-state index contributed by atoms with van der Waals surface area (Å²) in [4.78, 5) is 27.8. The molecule has 3 amide bonds. The molecule has 0 saturated carbocycles. The first-order chi connectivity index (χ1) is 16.1. The van der Waals surface area contributed by atoms with Gasteiger partial charge >= 0.3 is 12.2 Å². The van der Waals surface area contributed by atoms with Crippen molar-refractivity contribution in [3.63, 3.8) is 0 Å². The van der Waals surface area contributed by atoms with E-state index in [9.17, 15) is 22.8 Å². The minimum absolute atomic E-state index is 0.0230. The average molecular weight is 477 g/mol. The Kier molecular flexibility index (Phi) is 7.51. The van der Waals surface area contributed by atoms with E-state index < -0.39 is 35.8 Å². The lowest BCUT2D eigenvalue weighted by molar-refractivity contribution is -0.138. The lowest BCUT2D eigenvalue weighted by atomic mass is 9.90. The Hall–Kier alpha value is -3.53. The summed E-state index contributed by atoms with van der Waals surface area (Å²) >= 11 is 0. The van der Waals surface area contributed by atoms with Gasteiger partial charge in [0.1, 0.15) is 5.75 Å². The summed E-state index contributed by atoms with van der Waals surface area (Å²) in [6.07, 6.45) is -4.68. The zero-order valence-corrected chi connectivity index (χ0v) is 19.2. The molecule has 182 valence electrons. The Morgan fingerprint density at radius 3 is 2.44 bits per heavy atom. The molecule has 10 heteroatoms. The molecule has 2 aromatic rings. The van der Waals surface area contributed by atoms with Crippen LogP contribution in [0.5, 0.6) is 5.75 Å². The van der Waals surface area contributed by atoms with Crippen LogP contribution in [-0.2, 0) is 15.7 Å². The molecule has 0 unspecified atom stereocenters. The number of ether oxygens (including phenoxy) is 2. The number of nitrogens with zero attached hydrogens (tertiary/aromatic N) is 1. The molecule has 3 rings (SSSR count). The van der Waals surface area contributed by atoms with Gasteiger partial charge in [0, 0.05) is 12.8 Å². The minimum Gasteiger partial charge on any atom is -0.495 e. The Bertz CT molecular complexity index is 1100. The van der Waals surface area contributed by atoms with E-state index in [1.54, 1.807) is 31.2 Å². The van der Waals surface area contributed by atoms with Crippen molar-refractivity contribution in [2.24, 2.45) is 0 Å². The highest BCUT2D eigenvalue weighted by atomic mass is 19.4. The van der Waals surface area contributed by atoms with Crippen LogP contribution in [0.2, 0.25) is 0 Å². The summed E-state index contributed by atoms with van der Waals surface area (Å²) in [7, 11) is 2.90. The molecular weight excluding hydrogens is 451 g/mol. The maximum Gasteiger partial charge on any atom is 0.416 e. The van der Waals surface area contributed by atoms with Crippen molar-refractivity contribution in [2.45, 2.75) is 32.1 Å². The van der Waals surface area contributed by atoms with Gasteiger partial charge in [-0.2, -0.15) is 13.2 Å². The second-order valence-electron chi connectivity index (χ2n) is 7.80. The van der Waals surface area contributed by atoms with E-state index >= 15 is 0 Å². The third-order valence-electron chi connectivity index (χ3n) is 5.55. The van der Waals surface area contributed by atoms with Crippen molar-refractivity contribution in [1.29, 1.82) is 0 Å². The fraction of sp³-hybridized carbons (Fsp3) is 0.333. The number of urea groups is 1. The van der Waals surface area contributed by atoms with Gasteiger partial charge in [-0.15, -0.1) is 0 Å². The van der Waals surface area contributed by atoms with E-state index in [1.807, 2.05) is 0 Å². The molecular formula is C24H26F3N3O4. The largest absolute Gasteiger partial charge is 0.495 e. The number of rotatable bonds is 7. The zero-order valence-electron chi connectivity index (χ0n) is 19.2. The quantitative estimate of drug-likeness (QED) is 0.605. The summed E-state index contributed by atoms with van der Waals surface area (Å²) < 4.78 is 51.8. The first kappa shape index (κ1) is 25.1. The highest BCUT2D eigenvalue weighted by Crippen LogP contribution is 2.40. The minimum atomic E-state index is -4.68. The number of alkyl halides is 3. The monoisotopic (exact) mass is 477 g/mol. The first-order valence-corrected chi connectivity index (χ1v) is 10.5. The molecule has 1 aliphatic rings. The number of anilines is 1. The van der Waals surface area contributed by atoms with Gasteiger partial charge in [0.15, 0.2) is 0 Å². The first-order valence-electron chi connectivity index (χ1n) is 10.5. The maximum atomic E-state index is 13.8. The summed E-state index contributed by atoms with van der Waals surface area (Å²) in [6.45, 7) is 3.41. The van der Waals surface area contributed by atoms with Gasteiger partial charge in [0.2, 0.25) is 0 Å². The van der Waals surface area contributed by atoms with Gasteiger partial charge in [0.25, 0.3) is 5.91 Å². The number of benzene rings is 2. The van der Waals surface area contributed by atoms with Gasteiger partial charge < -0.3 is 20.1 Å². The van der Waals surface area contributed by atoms with Crippen LogP contribution in [0.25, 0.3) is 0 Å². The molecule has 7 nitrogen and oxygen atoms in total. The van der Waals surface area contributed by atoms with Gasteiger partial charge in [-0.25, -0.2) is 4.79 Å². The van der Waals surface area contributed by atoms with Gasteiger partial charge in [-0.1, -0.05) is 30.3 Å². The van der Waals surface area contributed by atoms with Crippen LogP contribution in [-0.4, -0.2) is 43.7 Å². The number of hydrogen-bond acceptors (Lipinski definition) is 4. The van der Waals surface area contributed by atoms with Crippen LogP contribution >= 0.6 is 0 Å². The van der Waals surface area contributed by atoms with Crippen LogP contribution in [0.4, 0.5) is 23.7 Å². The van der Waals surface area contributed by atoms with Gasteiger partial charge in [-0.3, -0.25) is 9.69 Å². The van der Waals surface area contributed by atoms with Crippen LogP contribution in [0, 0.1) is 0 Å². The van der Waals surface area contributed by atoms with Crippen LogP contribution in [0.3, 0.4) is 0 Å². The van der Waals surface area contributed by atoms with E-state index in [0.29, 0.717) is 11.4 Å². The number of hydrogen-bond donors (Lipinski definition) is 2. The molecule has 0 aliphatic carbocycles. The molecule has 1 heterocycles. The molecule has 1 aliphatic heterocycles. The number of nitrogens with one attached hydrogen (secondary N) is 2. The zero-order chi connectivity index (χ0) is 25.0. The molecule has 2 atom stereocenters. The number of carbonyl (C=O) groups excluding carboxylic acids is 2. The summed E-state index contributed by atoms with van der Waals surface area (Å²) in [5.74, 6) is -0.288. The Balaban J connectivity index is 2.16. The number of halogens is 3. The van der Waals surface area contributed by atoms with Crippen molar-refractivity contribution in [3.05, 3.63) is 70.9 Å². The molecule has 0 bridgehead atoms. The van der Waals surface area contributed by atoms with Gasteiger partial charge in [-0.05, 0) is 37.6 Å². The van der Waals surface area contributed by atoms with Gasteiger partial charge in [0.05, 0.1) is 42.6 Å². The Labute approximate surface area is 195 Å². The third-order valence-corrected chi connectivity index (χ3v) is 5.55. The SMILES string of the molecule is COC[C@@H](C)N1C(=O)N[C@H](c2ccccc2C(F)(F)F)C(C(=O)Nc2ccccc2OC)=C1C. The standard InChI is InChI=1S/C24H26F3N3O4/c1-14(13-33-3)30-15(2)20(22(31)28-18-11-7-8-12-19(18)34-4)21(29-23(30)32)16-9-5-6-10-17(16)24(25,26)27/h5-12,14,21H,13H2,1-4H3,(H,28,31)(H,29,32)/t14-,21-/m1/s1.